The van der Waals surface area contributed by atoms with Crippen molar-refractivity contribution >= 4 is 5.91 Å². The molecule has 3 N–H and O–H groups in total. The van der Waals surface area contributed by atoms with Crippen molar-refractivity contribution in [1.82, 2.24) is 5.32 Å². The van der Waals surface area contributed by atoms with Gasteiger partial charge in [0.05, 0.1) is 6.61 Å². The van der Waals surface area contributed by atoms with Crippen molar-refractivity contribution in [2.75, 3.05) is 19.7 Å². The van der Waals surface area contributed by atoms with Gasteiger partial charge in [0, 0.05) is 6.54 Å². The van der Waals surface area contributed by atoms with Crippen LogP contribution in [0.1, 0.15) is 26.2 Å². The van der Waals surface area contributed by atoms with Gasteiger partial charge in [-0.1, -0.05) is 6.92 Å². The fourth-order valence-corrected chi connectivity index (χ4v) is 1.72. The highest BCUT2D eigenvalue weighted by Crippen LogP contribution is 2.11. The summed E-state index contributed by atoms with van der Waals surface area (Å²) < 4.78 is 5.48. The molecule has 0 spiro atoms. The topological polar surface area (TPSA) is 64.3 Å². The zero-order valence-corrected chi connectivity index (χ0v) is 8.79. The molecule has 1 fully saturated rings. The first-order chi connectivity index (χ1) is 6.74. The molecule has 4 heteroatoms. The molecule has 82 valence electrons. The number of carbonyl (C=O) groups is 1. The highest BCUT2D eigenvalue weighted by atomic mass is 16.5. The zero-order chi connectivity index (χ0) is 10.4. The Bertz CT molecular complexity index is 179. The third-order valence-corrected chi connectivity index (χ3v) is 2.62. The van der Waals surface area contributed by atoms with Gasteiger partial charge in [-0.05, 0) is 31.7 Å². The number of hydrogen-bond donors (Lipinski definition) is 2. The normalized spacial score (nSPS) is 24.5. The molecule has 1 saturated heterocycles. The van der Waals surface area contributed by atoms with Crippen LogP contribution in [0.3, 0.4) is 0 Å². The number of piperidine rings is 1. The second-order valence-electron chi connectivity index (χ2n) is 3.84. The minimum atomic E-state index is -0.406. The van der Waals surface area contributed by atoms with Gasteiger partial charge < -0.3 is 15.8 Å². The van der Waals surface area contributed by atoms with Crippen LogP contribution in [0.5, 0.6) is 0 Å². The second-order valence-corrected chi connectivity index (χ2v) is 3.84. The number of amides is 1. The largest absolute Gasteiger partial charge is 0.368 e. The highest BCUT2D eigenvalue weighted by molar-refractivity contribution is 5.78. The molecule has 0 radical (unpaired) electrons. The van der Waals surface area contributed by atoms with Crippen molar-refractivity contribution < 1.29 is 9.53 Å². The van der Waals surface area contributed by atoms with Crippen LogP contribution in [0.15, 0.2) is 0 Å². The number of carbonyl (C=O) groups excluding carboxylic acids is 1. The molecule has 0 bridgehead atoms. The van der Waals surface area contributed by atoms with Crippen molar-refractivity contribution in [2.45, 2.75) is 32.3 Å². The van der Waals surface area contributed by atoms with E-state index < -0.39 is 6.10 Å². The van der Waals surface area contributed by atoms with E-state index >= 15 is 0 Å². The maximum atomic E-state index is 10.9. The minimum absolute atomic E-state index is 0.351. The van der Waals surface area contributed by atoms with Crippen LogP contribution in [-0.4, -0.2) is 31.7 Å². The van der Waals surface area contributed by atoms with Crippen LogP contribution < -0.4 is 11.1 Å². The fraction of sp³-hybridized carbons (Fsp3) is 0.900. The summed E-state index contributed by atoms with van der Waals surface area (Å²) in [5, 5.41) is 3.31. The molecule has 14 heavy (non-hydrogen) atoms. The maximum Gasteiger partial charge on any atom is 0.246 e. The van der Waals surface area contributed by atoms with Gasteiger partial charge in [-0.2, -0.15) is 0 Å². The molecule has 2 atom stereocenters. The van der Waals surface area contributed by atoms with Gasteiger partial charge in [0.2, 0.25) is 5.91 Å². The molecule has 1 aliphatic heterocycles. The lowest BCUT2D eigenvalue weighted by molar-refractivity contribution is -0.130. The van der Waals surface area contributed by atoms with Crippen molar-refractivity contribution in [1.29, 1.82) is 0 Å². The summed E-state index contributed by atoms with van der Waals surface area (Å²) in [6, 6.07) is 0. The molecule has 0 aromatic rings. The van der Waals surface area contributed by atoms with Crippen LogP contribution in [0.4, 0.5) is 0 Å². The summed E-state index contributed by atoms with van der Waals surface area (Å²) in [6.45, 7) is 4.65. The maximum absolute atomic E-state index is 10.9. The van der Waals surface area contributed by atoms with Crippen LogP contribution in [0.2, 0.25) is 0 Å². The molecule has 4 nitrogen and oxygen atoms in total. The van der Waals surface area contributed by atoms with E-state index in [0.29, 0.717) is 18.9 Å². The van der Waals surface area contributed by atoms with Crippen molar-refractivity contribution in [2.24, 2.45) is 11.7 Å². The van der Waals surface area contributed by atoms with Gasteiger partial charge in [0.25, 0.3) is 0 Å². The lowest BCUT2D eigenvalue weighted by Gasteiger charge is -2.24. The van der Waals surface area contributed by atoms with Gasteiger partial charge in [0.15, 0.2) is 0 Å². The first kappa shape index (κ1) is 11.5. The standard InChI is InChI=1S/C10H20N2O2/c1-2-9(10(11)13)14-7-8-4-3-5-12-6-8/h8-9,12H,2-7H2,1H3,(H2,11,13). The quantitative estimate of drug-likeness (QED) is 0.669. The van der Waals surface area contributed by atoms with Crippen molar-refractivity contribution in [3.8, 4) is 0 Å². The average molecular weight is 200 g/mol. The summed E-state index contributed by atoms with van der Waals surface area (Å²) in [6.07, 6.45) is 2.64. The Morgan fingerprint density at radius 2 is 2.50 bits per heavy atom. The minimum Gasteiger partial charge on any atom is -0.368 e. The summed E-state index contributed by atoms with van der Waals surface area (Å²) in [7, 11) is 0. The molecule has 0 saturated carbocycles. The Morgan fingerprint density at radius 1 is 1.71 bits per heavy atom. The highest BCUT2D eigenvalue weighted by Gasteiger charge is 2.18. The summed E-state index contributed by atoms with van der Waals surface area (Å²) in [5.74, 6) is 0.188. The van der Waals surface area contributed by atoms with E-state index in [9.17, 15) is 4.79 Å². The third-order valence-electron chi connectivity index (χ3n) is 2.62. The molecule has 0 aromatic heterocycles. The molecular weight excluding hydrogens is 180 g/mol. The molecule has 1 aliphatic rings. The van der Waals surface area contributed by atoms with Crippen LogP contribution in [0.25, 0.3) is 0 Å². The molecule has 2 unspecified atom stereocenters. The van der Waals surface area contributed by atoms with E-state index in [1.165, 1.54) is 12.8 Å². The molecule has 1 amide bonds. The number of nitrogens with two attached hydrogens (primary N) is 1. The van der Waals surface area contributed by atoms with Crippen LogP contribution in [-0.2, 0) is 9.53 Å². The average Bonchev–Trinajstić information content (AvgIpc) is 2.20. The Balaban J connectivity index is 2.20. The van der Waals surface area contributed by atoms with Crippen molar-refractivity contribution in [3.63, 3.8) is 0 Å². The van der Waals surface area contributed by atoms with Gasteiger partial charge >= 0.3 is 0 Å². The van der Waals surface area contributed by atoms with E-state index in [0.717, 1.165) is 13.1 Å². The SMILES string of the molecule is CCC(OCC1CCCNC1)C(N)=O. The fourth-order valence-electron chi connectivity index (χ4n) is 1.72. The van der Waals surface area contributed by atoms with Crippen LogP contribution >= 0.6 is 0 Å². The zero-order valence-electron chi connectivity index (χ0n) is 8.79. The van der Waals surface area contributed by atoms with Gasteiger partial charge in [0.1, 0.15) is 6.10 Å². The van der Waals surface area contributed by atoms with E-state index in [4.69, 9.17) is 10.5 Å². The molecule has 1 heterocycles. The Morgan fingerprint density at radius 3 is 3.00 bits per heavy atom. The lowest BCUT2D eigenvalue weighted by Crippen LogP contribution is -2.36. The summed E-state index contributed by atoms with van der Waals surface area (Å²) in [5.41, 5.74) is 5.18. The summed E-state index contributed by atoms with van der Waals surface area (Å²) >= 11 is 0. The predicted molar refractivity (Wildman–Crippen MR) is 54.8 cm³/mol. The molecule has 1 rings (SSSR count). The molecule has 0 aliphatic carbocycles. The molecule has 0 aromatic carbocycles. The number of nitrogens with one attached hydrogen (secondary N) is 1. The first-order valence-corrected chi connectivity index (χ1v) is 5.35. The lowest BCUT2D eigenvalue weighted by atomic mass is 10.0. The smallest absolute Gasteiger partial charge is 0.246 e. The predicted octanol–water partition coefficient (Wildman–Crippen LogP) is 0.267. The third kappa shape index (κ3) is 3.64. The van der Waals surface area contributed by atoms with E-state index in [1.54, 1.807) is 0 Å². The van der Waals surface area contributed by atoms with E-state index in [-0.39, 0.29) is 5.91 Å². The van der Waals surface area contributed by atoms with Gasteiger partial charge in [-0.25, -0.2) is 0 Å². The van der Waals surface area contributed by atoms with Gasteiger partial charge in [-0.15, -0.1) is 0 Å². The number of rotatable bonds is 5. The number of hydrogen-bond acceptors (Lipinski definition) is 3. The monoisotopic (exact) mass is 200 g/mol. The summed E-state index contributed by atoms with van der Waals surface area (Å²) in [4.78, 5) is 10.9. The first-order valence-electron chi connectivity index (χ1n) is 5.35. The molecular formula is C10H20N2O2. The van der Waals surface area contributed by atoms with Gasteiger partial charge in [-0.3, -0.25) is 4.79 Å². The van der Waals surface area contributed by atoms with Crippen molar-refractivity contribution in [3.05, 3.63) is 0 Å². The van der Waals surface area contributed by atoms with Crippen LogP contribution in [0, 0.1) is 5.92 Å². The van der Waals surface area contributed by atoms with E-state index in [2.05, 4.69) is 5.32 Å². The Labute approximate surface area is 85.2 Å². The second kappa shape index (κ2) is 5.98. The Hall–Kier alpha value is -0.610. The Kier molecular flexibility index (Phi) is 4.90. The number of ether oxygens (including phenoxy) is 1. The van der Waals surface area contributed by atoms with E-state index in [1.807, 2.05) is 6.92 Å². The number of primary amides is 1.